The third-order valence-corrected chi connectivity index (χ3v) is 4.15. The van der Waals surface area contributed by atoms with E-state index in [0.717, 1.165) is 21.9 Å². The third-order valence-electron chi connectivity index (χ3n) is 3.89. The molecular weight excluding hydrogens is 335 g/mol. The molecule has 1 aromatic heterocycles. The molecule has 0 atom stereocenters. The van der Waals surface area contributed by atoms with E-state index in [1.165, 1.54) is 16.8 Å². The monoisotopic (exact) mass is 348 g/mol. The molecular formula is C19H13FN4S. The van der Waals surface area contributed by atoms with Gasteiger partial charge in [-0.05, 0) is 47.3 Å². The van der Waals surface area contributed by atoms with E-state index in [1.54, 1.807) is 18.3 Å². The molecule has 0 saturated heterocycles. The maximum absolute atomic E-state index is 13.1. The topological polar surface area (TPSA) is 46.0 Å². The minimum atomic E-state index is -0.302. The van der Waals surface area contributed by atoms with Crippen molar-refractivity contribution in [1.82, 2.24) is 14.9 Å². The van der Waals surface area contributed by atoms with E-state index in [4.69, 9.17) is 12.2 Å². The summed E-state index contributed by atoms with van der Waals surface area (Å²) >= 11 is 5.27. The summed E-state index contributed by atoms with van der Waals surface area (Å²) in [6, 6.07) is 20.2. The van der Waals surface area contributed by atoms with Gasteiger partial charge in [0.05, 0.1) is 6.21 Å². The van der Waals surface area contributed by atoms with Crippen molar-refractivity contribution in [3.05, 3.63) is 82.9 Å². The minimum absolute atomic E-state index is 0.302. The number of halogens is 1. The zero-order valence-electron chi connectivity index (χ0n) is 13.1. The van der Waals surface area contributed by atoms with Gasteiger partial charge in [0.2, 0.25) is 4.77 Å². The highest BCUT2D eigenvalue weighted by Crippen LogP contribution is 2.19. The van der Waals surface area contributed by atoms with Crippen LogP contribution in [0.2, 0.25) is 0 Å². The van der Waals surface area contributed by atoms with Gasteiger partial charge in [0, 0.05) is 11.1 Å². The summed E-state index contributed by atoms with van der Waals surface area (Å²) in [5.41, 5.74) is 1.70. The summed E-state index contributed by atoms with van der Waals surface area (Å²) in [5, 5.41) is 13.7. The Kier molecular flexibility index (Phi) is 3.95. The molecule has 3 aromatic carbocycles. The highest BCUT2D eigenvalue weighted by Gasteiger charge is 2.08. The van der Waals surface area contributed by atoms with E-state index in [2.05, 4.69) is 27.4 Å². The molecule has 1 heterocycles. The van der Waals surface area contributed by atoms with Crippen LogP contribution in [0.15, 0.2) is 71.8 Å². The predicted molar refractivity (Wildman–Crippen MR) is 99.7 cm³/mol. The Bertz CT molecular complexity index is 1120. The Morgan fingerprint density at radius 1 is 1.00 bits per heavy atom. The number of nitrogens with one attached hydrogen (secondary N) is 1. The molecule has 0 radical (unpaired) electrons. The lowest BCUT2D eigenvalue weighted by Gasteiger charge is -2.03. The van der Waals surface area contributed by atoms with E-state index in [9.17, 15) is 4.39 Å². The summed E-state index contributed by atoms with van der Waals surface area (Å²) in [5.74, 6) is 0.227. The fourth-order valence-corrected chi connectivity index (χ4v) is 2.85. The van der Waals surface area contributed by atoms with Crippen LogP contribution in [-0.2, 0) is 0 Å². The number of rotatable bonds is 3. The molecule has 6 heteroatoms. The predicted octanol–water partition coefficient (Wildman–Crippen LogP) is 4.78. The number of hydrogen-bond acceptors (Lipinski definition) is 3. The second kappa shape index (κ2) is 6.41. The molecule has 122 valence electrons. The van der Waals surface area contributed by atoms with Crippen LogP contribution >= 0.6 is 12.2 Å². The SMILES string of the molecule is Fc1ccc(-c2n[nH]c(=S)n2/N=C/c2cccc3ccccc23)cc1. The molecule has 0 amide bonds. The molecule has 0 unspecified atom stereocenters. The van der Waals surface area contributed by atoms with Crippen LogP contribution in [0.4, 0.5) is 4.39 Å². The fraction of sp³-hybridized carbons (Fsp3) is 0. The molecule has 0 spiro atoms. The van der Waals surface area contributed by atoms with Crippen LogP contribution < -0.4 is 0 Å². The molecule has 0 aliphatic heterocycles. The maximum atomic E-state index is 13.1. The number of aromatic nitrogens is 3. The fourth-order valence-electron chi connectivity index (χ4n) is 2.67. The normalized spacial score (nSPS) is 11.4. The van der Waals surface area contributed by atoms with Crippen LogP contribution in [0.25, 0.3) is 22.2 Å². The lowest BCUT2D eigenvalue weighted by atomic mass is 10.1. The van der Waals surface area contributed by atoms with Crippen LogP contribution in [-0.4, -0.2) is 21.1 Å². The van der Waals surface area contributed by atoms with Crippen molar-refractivity contribution in [1.29, 1.82) is 0 Å². The maximum Gasteiger partial charge on any atom is 0.216 e. The third kappa shape index (κ3) is 2.99. The van der Waals surface area contributed by atoms with Gasteiger partial charge in [0.25, 0.3) is 0 Å². The van der Waals surface area contributed by atoms with E-state index in [0.29, 0.717) is 10.6 Å². The van der Waals surface area contributed by atoms with E-state index < -0.39 is 0 Å². The smallest absolute Gasteiger partial charge is 0.216 e. The molecule has 0 aliphatic rings. The van der Waals surface area contributed by atoms with Crippen molar-refractivity contribution in [2.75, 3.05) is 0 Å². The minimum Gasteiger partial charge on any atom is -0.250 e. The quantitative estimate of drug-likeness (QED) is 0.428. The second-order valence-corrected chi connectivity index (χ2v) is 5.87. The molecule has 0 fully saturated rings. The van der Waals surface area contributed by atoms with E-state index in [-0.39, 0.29) is 5.82 Å². The van der Waals surface area contributed by atoms with Gasteiger partial charge in [0.15, 0.2) is 5.82 Å². The van der Waals surface area contributed by atoms with Crippen molar-refractivity contribution >= 4 is 29.2 Å². The van der Waals surface area contributed by atoms with E-state index in [1.807, 2.05) is 30.3 Å². The van der Waals surface area contributed by atoms with Gasteiger partial charge in [-0.1, -0.05) is 42.5 Å². The number of hydrogen-bond donors (Lipinski definition) is 1. The highest BCUT2D eigenvalue weighted by molar-refractivity contribution is 7.71. The van der Waals surface area contributed by atoms with Gasteiger partial charge in [-0.2, -0.15) is 14.9 Å². The summed E-state index contributed by atoms with van der Waals surface area (Å²) in [4.78, 5) is 0. The Morgan fingerprint density at radius 2 is 1.76 bits per heavy atom. The highest BCUT2D eigenvalue weighted by atomic mass is 32.1. The van der Waals surface area contributed by atoms with Crippen molar-refractivity contribution < 1.29 is 4.39 Å². The van der Waals surface area contributed by atoms with E-state index >= 15 is 0 Å². The molecule has 0 saturated carbocycles. The zero-order chi connectivity index (χ0) is 17.2. The Balaban J connectivity index is 1.78. The van der Waals surface area contributed by atoms with Crippen LogP contribution in [0.5, 0.6) is 0 Å². The number of benzene rings is 3. The van der Waals surface area contributed by atoms with Crippen molar-refractivity contribution in [2.45, 2.75) is 0 Å². The van der Waals surface area contributed by atoms with Crippen molar-refractivity contribution in [3.63, 3.8) is 0 Å². The average Bonchev–Trinajstić information content (AvgIpc) is 3.01. The van der Waals surface area contributed by atoms with Gasteiger partial charge in [0.1, 0.15) is 5.82 Å². The second-order valence-electron chi connectivity index (χ2n) is 5.48. The van der Waals surface area contributed by atoms with Crippen molar-refractivity contribution in [2.24, 2.45) is 5.10 Å². The lowest BCUT2D eigenvalue weighted by Crippen LogP contribution is -1.95. The van der Waals surface area contributed by atoms with Gasteiger partial charge in [-0.25, -0.2) is 9.49 Å². The Labute approximate surface area is 148 Å². The molecule has 0 aliphatic carbocycles. The first-order valence-electron chi connectivity index (χ1n) is 7.68. The van der Waals surface area contributed by atoms with Gasteiger partial charge in [-0.15, -0.1) is 0 Å². The number of H-pyrrole nitrogens is 1. The summed E-state index contributed by atoms with van der Waals surface area (Å²) < 4.78 is 15.0. The number of nitrogens with zero attached hydrogens (tertiary/aromatic N) is 3. The van der Waals surface area contributed by atoms with Crippen LogP contribution in [0, 0.1) is 10.6 Å². The number of aromatic amines is 1. The van der Waals surface area contributed by atoms with Crippen LogP contribution in [0.3, 0.4) is 0 Å². The summed E-state index contributed by atoms with van der Waals surface area (Å²) in [6.45, 7) is 0. The molecule has 0 bridgehead atoms. The number of fused-ring (bicyclic) bond motifs is 1. The van der Waals surface area contributed by atoms with Crippen molar-refractivity contribution in [3.8, 4) is 11.4 Å². The Hall–Kier alpha value is -3.12. The van der Waals surface area contributed by atoms with Crippen LogP contribution in [0.1, 0.15) is 5.56 Å². The first kappa shape index (κ1) is 15.4. The first-order valence-corrected chi connectivity index (χ1v) is 8.09. The van der Waals surface area contributed by atoms with Gasteiger partial charge >= 0.3 is 0 Å². The molecule has 25 heavy (non-hydrogen) atoms. The Morgan fingerprint density at radius 3 is 2.60 bits per heavy atom. The van der Waals surface area contributed by atoms with Gasteiger partial charge in [-0.3, -0.25) is 0 Å². The molecule has 4 aromatic rings. The molecule has 4 nitrogen and oxygen atoms in total. The summed E-state index contributed by atoms with van der Waals surface area (Å²) in [7, 11) is 0. The first-order chi connectivity index (χ1) is 12.2. The average molecular weight is 348 g/mol. The standard InChI is InChI=1S/C19H13FN4S/c20-16-10-8-14(9-11-16)18-22-23-19(25)24(18)21-12-15-6-3-5-13-4-1-2-7-17(13)15/h1-12H,(H,23,25)/b21-12+. The summed E-state index contributed by atoms with van der Waals surface area (Å²) in [6.07, 6.45) is 1.75. The molecule has 4 rings (SSSR count). The zero-order valence-corrected chi connectivity index (χ0v) is 13.9. The lowest BCUT2D eigenvalue weighted by molar-refractivity contribution is 0.628. The largest absolute Gasteiger partial charge is 0.250 e. The van der Waals surface area contributed by atoms with Gasteiger partial charge < -0.3 is 0 Å². The molecule has 1 N–H and O–H groups in total.